The first-order valence-electron chi connectivity index (χ1n) is 6.21. The van der Waals surface area contributed by atoms with E-state index in [4.69, 9.17) is 5.11 Å². The molecule has 0 spiro atoms. The van der Waals surface area contributed by atoms with Crippen LogP contribution < -0.4 is 0 Å². The Hall–Kier alpha value is -0.570. The van der Waals surface area contributed by atoms with Gasteiger partial charge in [-0.25, -0.2) is 8.42 Å². The van der Waals surface area contributed by atoms with Crippen molar-refractivity contribution in [3.63, 3.8) is 0 Å². The Morgan fingerprint density at radius 3 is 2.75 bits per heavy atom. The number of aliphatic carboxylic acids is 1. The molecule has 2 rings (SSSR count). The second-order valence-corrected chi connectivity index (χ2v) is 9.19. The van der Waals surface area contributed by atoms with Gasteiger partial charge in [0.05, 0.1) is 11.3 Å². The molecule has 0 saturated carbocycles. The Balaban J connectivity index is 2.35. The Bertz CT molecular complexity index is 608. The van der Waals surface area contributed by atoms with Crippen LogP contribution in [0.5, 0.6) is 0 Å². The highest BCUT2D eigenvalue weighted by atomic mass is 32.2. The van der Waals surface area contributed by atoms with Gasteiger partial charge in [-0.1, -0.05) is 0 Å². The smallest absolute Gasteiger partial charge is 0.305 e. The van der Waals surface area contributed by atoms with E-state index >= 15 is 0 Å². The van der Waals surface area contributed by atoms with Crippen LogP contribution in [0.15, 0.2) is 11.0 Å². The summed E-state index contributed by atoms with van der Waals surface area (Å²) in [6.45, 7) is 4.03. The van der Waals surface area contributed by atoms with E-state index in [-0.39, 0.29) is 6.42 Å². The minimum Gasteiger partial charge on any atom is -0.481 e. The first kappa shape index (κ1) is 15.8. The predicted octanol–water partition coefficient (Wildman–Crippen LogP) is 1.95. The summed E-state index contributed by atoms with van der Waals surface area (Å²) in [5.41, 5.74) is 0. The molecule has 0 aliphatic carbocycles. The highest BCUT2D eigenvalue weighted by molar-refractivity contribution is 7.99. The van der Waals surface area contributed by atoms with Gasteiger partial charge < -0.3 is 5.11 Å². The average molecular weight is 335 g/mol. The summed E-state index contributed by atoms with van der Waals surface area (Å²) in [6.07, 6.45) is -0.144. The van der Waals surface area contributed by atoms with Crippen molar-refractivity contribution in [1.82, 2.24) is 4.31 Å². The third-order valence-electron chi connectivity index (χ3n) is 3.17. The summed E-state index contributed by atoms with van der Waals surface area (Å²) in [4.78, 5) is 12.9. The van der Waals surface area contributed by atoms with Crippen LogP contribution >= 0.6 is 23.1 Å². The fourth-order valence-corrected chi connectivity index (χ4v) is 6.73. The monoisotopic (exact) mass is 335 g/mol. The number of carbonyl (C=O) groups is 1. The average Bonchev–Trinajstić information content (AvgIpc) is 2.69. The number of aryl methyl sites for hydroxylation is 2. The molecule has 1 aliphatic rings. The molecule has 20 heavy (non-hydrogen) atoms. The molecule has 1 atom stereocenters. The molecule has 5 nitrogen and oxygen atoms in total. The van der Waals surface area contributed by atoms with E-state index in [0.29, 0.717) is 22.9 Å². The molecule has 112 valence electrons. The van der Waals surface area contributed by atoms with Gasteiger partial charge in [0.2, 0.25) is 10.0 Å². The van der Waals surface area contributed by atoms with Gasteiger partial charge in [-0.05, 0) is 19.9 Å². The third kappa shape index (κ3) is 3.19. The van der Waals surface area contributed by atoms with E-state index in [1.807, 2.05) is 6.92 Å². The lowest BCUT2D eigenvalue weighted by atomic mass is 10.2. The van der Waals surface area contributed by atoms with Crippen molar-refractivity contribution in [2.24, 2.45) is 0 Å². The highest BCUT2D eigenvalue weighted by Crippen LogP contribution is 2.31. The van der Waals surface area contributed by atoms with Crippen molar-refractivity contribution < 1.29 is 18.3 Å². The van der Waals surface area contributed by atoms with E-state index < -0.39 is 22.0 Å². The SMILES string of the molecule is Cc1cc(S(=O)(=O)N2CCSCC2CC(=O)O)c(C)s1. The van der Waals surface area contributed by atoms with Crippen molar-refractivity contribution in [2.45, 2.75) is 31.2 Å². The lowest BCUT2D eigenvalue weighted by Crippen LogP contribution is -2.47. The maximum absolute atomic E-state index is 12.7. The van der Waals surface area contributed by atoms with Gasteiger partial charge in [0.15, 0.2) is 0 Å². The molecule has 0 amide bonds. The van der Waals surface area contributed by atoms with Crippen molar-refractivity contribution in [3.8, 4) is 0 Å². The Morgan fingerprint density at radius 1 is 1.50 bits per heavy atom. The Morgan fingerprint density at radius 2 is 2.20 bits per heavy atom. The lowest BCUT2D eigenvalue weighted by molar-refractivity contribution is -0.137. The fourth-order valence-electron chi connectivity index (χ4n) is 2.31. The molecule has 2 heterocycles. The topological polar surface area (TPSA) is 74.7 Å². The van der Waals surface area contributed by atoms with Crippen molar-refractivity contribution in [1.29, 1.82) is 0 Å². The summed E-state index contributed by atoms with van der Waals surface area (Å²) >= 11 is 3.05. The van der Waals surface area contributed by atoms with Gasteiger partial charge in [0.1, 0.15) is 0 Å². The van der Waals surface area contributed by atoms with Crippen LogP contribution in [-0.4, -0.2) is 47.9 Å². The quantitative estimate of drug-likeness (QED) is 0.910. The zero-order chi connectivity index (χ0) is 14.9. The number of carboxylic acid groups (broad SMARTS) is 1. The highest BCUT2D eigenvalue weighted by Gasteiger charge is 2.36. The number of hydrogen-bond acceptors (Lipinski definition) is 5. The Kier molecular flexibility index (Phi) is 4.78. The molecule has 0 radical (unpaired) electrons. The summed E-state index contributed by atoms with van der Waals surface area (Å²) in [5, 5.41) is 8.95. The molecule has 0 bridgehead atoms. The molecule has 1 saturated heterocycles. The molecular weight excluding hydrogens is 318 g/mol. The van der Waals surface area contributed by atoms with Gasteiger partial charge in [-0.3, -0.25) is 4.79 Å². The number of rotatable bonds is 4. The van der Waals surface area contributed by atoms with Gasteiger partial charge in [0, 0.05) is 33.8 Å². The van der Waals surface area contributed by atoms with Crippen LogP contribution in [-0.2, 0) is 14.8 Å². The first-order chi connectivity index (χ1) is 9.32. The number of carboxylic acids is 1. The molecule has 1 fully saturated rings. The van der Waals surface area contributed by atoms with Gasteiger partial charge in [0.25, 0.3) is 0 Å². The Labute approximate surface area is 127 Å². The van der Waals surface area contributed by atoms with E-state index in [9.17, 15) is 13.2 Å². The molecule has 1 aromatic rings. The minimum atomic E-state index is -3.60. The van der Waals surface area contributed by atoms with Crippen LogP contribution in [0, 0.1) is 13.8 Å². The van der Waals surface area contributed by atoms with E-state index in [1.54, 1.807) is 24.8 Å². The number of thioether (sulfide) groups is 1. The van der Waals surface area contributed by atoms with E-state index in [1.165, 1.54) is 15.6 Å². The number of thiophene rings is 1. The maximum Gasteiger partial charge on any atom is 0.305 e. The summed E-state index contributed by atoms with van der Waals surface area (Å²) < 4.78 is 26.9. The fraction of sp³-hybridized carbons (Fsp3) is 0.583. The second kappa shape index (κ2) is 6.05. The predicted molar refractivity (Wildman–Crippen MR) is 81.1 cm³/mol. The summed E-state index contributed by atoms with van der Waals surface area (Å²) in [7, 11) is -3.60. The zero-order valence-corrected chi connectivity index (χ0v) is 13.8. The van der Waals surface area contributed by atoms with Crippen LogP contribution in [0.25, 0.3) is 0 Å². The van der Waals surface area contributed by atoms with Crippen LogP contribution in [0.3, 0.4) is 0 Å². The lowest BCUT2D eigenvalue weighted by Gasteiger charge is -2.33. The van der Waals surface area contributed by atoms with Gasteiger partial charge in [-0.2, -0.15) is 16.1 Å². The van der Waals surface area contributed by atoms with Crippen molar-refractivity contribution in [2.75, 3.05) is 18.1 Å². The second-order valence-electron chi connectivity index (χ2n) is 4.72. The van der Waals surface area contributed by atoms with Gasteiger partial charge in [-0.15, -0.1) is 11.3 Å². The molecular formula is C12H17NO4S3. The molecule has 1 aromatic heterocycles. The van der Waals surface area contributed by atoms with Crippen molar-refractivity contribution in [3.05, 3.63) is 15.8 Å². The summed E-state index contributed by atoms with van der Waals surface area (Å²) in [6, 6.07) is 1.21. The molecule has 0 aromatic carbocycles. The van der Waals surface area contributed by atoms with Crippen molar-refractivity contribution >= 4 is 39.1 Å². The maximum atomic E-state index is 12.7. The standard InChI is InChI=1S/C12H17NO4S3/c1-8-5-11(9(2)19-8)20(16,17)13-3-4-18-7-10(13)6-12(14)15/h5,10H,3-4,6-7H2,1-2H3,(H,14,15). The van der Waals surface area contributed by atoms with Crippen LogP contribution in [0.1, 0.15) is 16.2 Å². The van der Waals surface area contributed by atoms with Crippen LogP contribution in [0.4, 0.5) is 0 Å². The molecule has 1 unspecified atom stereocenters. The normalized spacial score (nSPS) is 21.0. The molecule has 8 heteroatoms. The number of hydrogen-bond donors (Lipinski definition) is 1. The van der Waals surface area contributed by atoms with Gasteiger partial charge >= 0.3 is 5.97 Å². The van der Waals surface area contributed by atoms with E-state index in [2.05, 4.69) is 0 Å². The largest absolute Gasteiger partial charge is 0.481 e. The number of sulfonamides is 1. The molecule has 1 aliphatic heterocycles. The van der Waals surface area contributed by atoms with E-state index in [0.717, 1.165) is 9.75 Å². The summed E-state index contributed by atoms with van der Waals surface area (Å²) in [5.74, 6) is 0.279. The zero-order valence-electron chi connectivity index (χ0n) is 11.3. The third-order valence-corrected chi connectivity index (χ3v) is 7.43. The minimum absolute atomic E-state index is 0.144. The molecule has 1 N–H and O–H groups in total. The number of nitrogens with zero attached hydrogens (tertiary/aromatic N) is 1. The first-order valence-corrected chi connectivity index (χ1v) is 9.62. The van der Waals surface area contributed by atoms with Crippen LogP contribution in [0.2, 0.25) is 0 Å².